The van der Waals surface area contributed by atoms with E-state index in [2.05, 4.69) is 65.1 Å². The van der Waals surface area contributed by atoms with Gasteiger partial charge in [0.1, 0.15) is 25.0 Å². The Hall–Kier alpha value is -2.12. The number of aliphatic hydroxyl groups excluding tert-OH is 1. The van der Waals surface area contributed by atoms with E-state index in [0.717, 1.165) is 5.75 Å². The van der Waals surface area contributed by atoms with Crippen LogP contribution < -0.4 is 15.2 Å². The van der Waals surface area contributed by atoms with Gasteiger partial charge < -0.3 is 30.2 Å². The van der Waals surface area contributed by atoms with E-state index in [0.29, 0.717) is 19.1 Å². The smallest absolute Gasteiger partial charge is 0.351 e. The molecule has 148 valence electrons. The first-order chi connectivity index (χ1) is 11.8. The van der Waals surface area contributed by atoms with Crippen LogP contribution in [0.15, 0.2) is 18.2 Å². The highest BCUT2D eigenvalue weighted by atomic mass is 16.5. The third kappa shape index (κ3) is 10.7. The van der Waals surface area contributed by atoms with E-state index >= 15 is 0 Å². The van der Waals surface area contributed by atoms with Crippen molar-refractivity contribution in [2.75, 3.05) is 13.2 Å². The lowest BCUT2D eigenvalue weighted by molar-refractivity contribution is -0.722. The summed E-state index contributed by atoms with van der Waals surface area (Å²) in [4.78, 5) is 18.0. The lowest BCUT2D eigenvalue weighted by Gasteiger charge is -2.20. The number of aliphatic carboxylic acids is 2. The molecule has 0 spiro atoms. The minimum atomic E-state index is -2.07. The minimum Gasteiger partial charge on any atom is -0.539 e. The maximum atomic E-state index is 10.0. The molecular weight excluding hydrogens is 338 g/mol. The van der Waals surface area contributed by atoms with Gasteiger partial charge >= 0.3 is 5.97 Å². The van der Waals surface area contributed by atoms with Gasteiger partial charge in [0.25, 0.3) is 0 Å². The second-order valence-corrected chi connectivity index (χ2v) is 7.56. The summed E-state index contributed by atoms with van der Waals surface area (Å²) in [5, 5.41) is 28.5. The van der Waals surface area contributed by atoms with Crippen LogP contribution in [0.4, 0.5) is 0 Å². The summed E-state index contributed by atoms with van der Waals surface area (Å²) in [6.07, 6.45) is -0.449. The molecule has 0 radical (unpaired) electrons. The summed E-state index contributed by atoms with van der Waals surface area (Å²) >= 11 is 0. The number of hydrogen-bond donors (Lipinski definition) is 3. The quantitative estimate of drug-likeness (QED) is 0.608. The Balaban J connectivity index is 0.000000896. The lowest BCUT2D eigenvalue weighted by atomic mass is 10.0. The van der Waals surface area contributed by atoms with Gasteiger partial charge in [-0.2, -0.15) is 0 Å². The van der Waals surface area contributed by atoms with Crippen molar-refractivity contribution >= 4 is 11.9 Å². The van der Waals surface area contributed by atoms with Crippen LogP contribution in [-0.4, -0.2) is 46.9 Å². The summed E-state index contributed by atoms with van der Waals surface area (Å²) in [5.74, 6) is -2.69. The number of hydrogen-bond acceptors (Lipinski definition) is 5. The fraction of sp³-hybridized carbons (Fsp3) is 0.579. The molecule has 1 atom stereocenters. The predicted molar refractivity (Wildman–Crippen MR) is 96.0 cm³/mol. The maximum absolute atomic E-state index is 10.0. The molecule has 7 nitrogen and oxygen atoms in total. The van der Waals surface area contributed by atoms with E-state index < -0.39 is 18.0 Å². The van der Waals surface area contributed by atoms with Crippen molar-refractivity contribution in [1.29, 1.82) is 0 Å². The molecule has 0 unspecified atom stereocenters. The molecule has 0 aromatic heterocycles. The molecule has 0 heterocycles. The van der Waals surface area contributed by atoms with Crippen LogP contribution in [0.5, 0.6) is 5.75 Å². The molecule has 0 aliphatic heterocycles. The molecule has 0 fully saturated rings. The first-order valence-corrected chi connectivity index (χ1v) is 8.53. The molecule has 1 rings (SSSR count). The molecule has 0 aliphatic carbocycles. The van der Waals surface area contributed by atoms with Gasteiger partial charge in [0.05, 0.1) is 5.54 Å². The van der Waals surface area contributed by atoms with Crippen molar-refractivity contribution in [3.63, 3.8) is 0 Å². The Morgan fingerprint density at radius 2 is 1.81 bits per heavy atom. The van der Waals surface area contributed by atoms with Gasteiger partial charge in [-0.05, 0) is 50.8 Å². The molecule has 1 aromatic carbocycles. The molecule has 1 aromatic rings. The van der Waals surface area contributed by atoms with E-state index in [1.54, 1.807) is 0 Å². The Morgan fingerprint density at radius 1 is 1.27 bits per heavy atom. The molecule has 0 saturated heterocycles. The molecule has 0 saturated carbocycles. The number of aryl methyl sites for hydroxylation is 1. The van der Waals surface area contributed by atoms with Crippen LogP contribution in [0.2, 0.25) is 0 Å². The third-order valence-corrected chi connectivity index (χ3v) is 3.40. The van der Waals surface area contributed by atoms with E-state index in [-0.39, 0.29) is 5.54 Å². The van der Waals surface area contributed by atoms with Crippen LogP contribution in [0.3, 0.4) is 0 Å². The zero-order chi connectivity index (χ0) is 20.5. The summed E-state index contributed by atoms with van der Waals surface area (Å²) in [6, 6.07) is 6.27. The fourth-order valence-electron chi connectivity index (χ4n) is 1.99. The normalized spacial score (nSPS) is 12.2. The average molecular weight is 369 g/mol. The van der Waals surface area contributed by atoms with Crippen LogP contribution in [0, 0.1) is 6.92 Å². The summed E-state index contributed by atoms with van der Waals surface area (Å²) in [7, 11) is 0. The highest BCUT2D eigenvalue weighted by molar-refractivity contribution is 6.26. The van der Waals surface area contributed by atoms with E-state index in [1.165, 1.54) is 11.1 Å². The monoisotopic (exact) mass is 369 g/mol. The van der Waals surface area contributed by atoms with Gasteiger partial charge in [0.2, 0.25) is 0 Å². The van der Waals surface area contributed by atoms with Crippen molar-refractivity contribution < 1.29 is 35.0 Å². The van der Waals surface area contributed by atoms with Crippen molar-refractivity contribution in [2.45, 2.75) is 59.1 Å². The fourth-order valence-corrected chi connectivity index (χ4v) is 1.99. The number of rotatable bonds is 6. The van der Waals surface area contributed by atoms with Crippen molar-refractivity contribution in [3.8, 4) is 5.75 Å². The standard InChI is InChI=1S/C17H29NO2.C2H2O4/c1-12(2)15-8-7-13(3)9-16(15)20-11-14(19)10-18-17(4,5)6;3-1(4)2(5)6/h7-9,12,14,18-19H,10-11H2,1-6H3;(H,3,4)(H,5,6)/t14-;/m1./s1. The molecule has 0 bridgehead atoms. The van der Waals surface area contributed by atoms with E-state index in [4.69, 9.17) is 24.5 Å². The van der Waals surface area contributed by atoms with E-state index in [1.807, 2.05) is 0 Å². The number of aliphatic hydroxyl groups is 1. The van der Waals surface area contributed by atoms with Gasteiger partial charge in [-0.25, -0.2) is 4.79 Å². The van der Waals surface area contributed by atoms with Gasteiger partial charge in [-0.1, -0.05) is 26.0 Å². The Labute approximate surface area is 155 Å². The average Bonchev–Trinajstić information content (AvgIpc) is 2.50. The van der Waals surface area contributed by atoms with Crippen LogP contribution >= 0.6 is 0 Å². The number of ether oxygens (including phenoxy) is 1. The first-order valence-electron chi connectivity index (χ1n) is 8.53. The Morgan fingerprint density at radius 3 is 2.23 bits per heavy atom. The van der Waals surface area contributed by atoms with Gasteiger partial charge in [0, 0.05) is 0 Å². The van der Waals surface area contributed by atoms with Crippen LogP contribution in [0.25, 0.3) is 0 Å². The van der Waals surface area contributed by atoms with Crippen LogP contribution in [0.1, 0.15) is 51.7 Å². The highest BCUT2D eigenvalue weighted by Gasteiger charge is 2.17. The molecule has 7 heteroatoms. The highest BCUT2D eigenvalue weighted by Crippen LogP contribution is 2.27. The molecule has 0 aliphatic rings. The lowest BCUT2D eigenvalue weighted by Crippen LogP contribution is -2.96. The predicted octanol–water partition coefficient (Wildman–Crippen LogP) is 0.0409. The van der Waals surface area contributed by atoms with Crippen molar-refractivity contribution in [3.05, 3.63) is 29.3 Å². The minimum absolute atomic E-state index is 0.132. The SMILES string of the molecule is Cc1ccc(C(C)C)c(OC[C@H](O)C[NH2+]C(C)(C)C)c1.O=C([O-])C(=O)O. The zero-order valence-electron chi connectivity index (χ0n) is 16.4. The number of carbonyl (C=O) groups is 2. The maximum Gasteiger partial charge on any atom is 0.351 e. The number of carbonyl (C=O) groups excluding carboxylic acids is 1. The number of carboxylic acid groups (broad SMARTS) is 2. The van der Waals surface area contributed by atoms with Crippen molar-refractivity contribution in [2.24, 2.45) is 0 Å². The Bertz CT molecular complexity index is 580. The molecule has 26 heavy (non-hydrogen) atoms. The summed E-state index contributed by atoms with van der Waals surface area (Å²) in [6.45, 7) is 13.8. The first kappa shape index (κ1) is 23.9. The second-order valence-electron chi connectivity index (χ2n) is 7.56. The molecule has 4 N–H and O–H groups in total. The Kier molecular flexibility index (Phi) is 9.90. The second kappa shape index (κ2) is 10.8. The number of nitrogens with two attached hydrogens (primary N) is 1. The largest absolute Gasteiger partial charge is 0.539 e. The van der Waals surface area contributed by atoms with Gasteiger partial charge in [0.15, 0.2) is 5.97 Å². The number of carboxylic acids is 2. The number of quaternary nitrogens is 1. The summed E-state index contributed by atoms with van der Waals surface area (Å²) in [5.41, 5.74) is 2.51. The zero-order valence-corrected chi connectivity index (χ0v) is 16.4. The summed E-state index contributed by atoms with van der Waals surface area (Å²) < 4.78 is 5.84. The molecule has 0 amide bonds. The number of benzene rings is 1. The van der Waals surface area contributed by atoms with Crippen LogP contribution in [-0.2, 0) is 9.59 Å². The van der Waals surface area contributed by atoms with Crippen molar-refractivity contribution in [1.82, 2.24) is 0 Å². The topological polar surface area (TPSA) is 124 Å². The van der Waals surface area contributed by atoms with Gasteiger partial charge in [-0.15, -0.1) is 0 Å². The van der Waals surface area contributed by atoms with E-state index in [9.17, 15) is 5.11 Å². The van der Waals surface area contributed by atoms with Gasteiger partial charge in [-0.3, -0.25) is 0 Å². The molecular formula is C19H31NO6. The third-order valence-electron chi connectivity index (χ3n) is 3.40.